The highest BCUT2D eigenvalue weighted by Crippen LogP contribution is 2.33. The van der Waals surface area contributed by atoms with Crippen LogP contribution in [-0.4, -0.2) is 11.0 Å². The van der Waals surface area contributed by atoms with Crippen LogP contribution >= 0.6 is 0 Å². The van der Waals surface area contributed by atoms with Gasteiger partial charge in [0, 0.05) is 12.4 Å². The molecule has 0 radical (unpaired) electrons. The molecule has 0 aliphatic rings. The number of carbonyl (C=O) groups excluding carboxylic acids is 1. The molecular weight excluding hydrogens is 355 g/mol. The van der Waals surface area contributed by atoms with Gasteiger partial charge in [0.05, 0.1) is 16.9 Å². The van der Waals surface area contributed by atoms with Crippen molar-refractivity contribution in [2.45, 2.75) is 12.6 Å². The van der Waals surface area contributed by atoms with Crippen molar-refractivity contribution in [3.05, 3.63) is 89.7 Å². The van der Waals surface area contributed by atoms with Crippen molar-refractivity contribution < 1.29 is 18.0 Å². The molecule has 0 spiro atoms. The molecular formula is C20H16F3N3O. The van der Waals surface area contributed by atoms with Crippen molar-refractivity contribution in [3.8, 4) is 0 Å². The van der Waals surface area contributed by atoms with Crippen molar-refractivity contribution in [2.24, 2.45) is 5.73 Å². The van der Waals surface area contributed by atoms with Gasteiger partial charge in [0.25, 0.3) is 0 Å². The number of urea groups is 1. The lowest BCUT2D eigenvalue weighted by Crippen LogP contribution is -2.31. The number of rotatable bonds is 4. The average Bonchev–Trinajstić information content (AvgIpc) is 2.63. The fourth-order valence-corrected chi connectivity index (χ4v) is 2.72. The fourth-order valence-electron chi connectivity index (χ4n) is 2.72. The monoisotopic (exact) mass is 371 g/mol. The second kappa shape index (κ2) is 7.49. The Hall–Kier alpha value is -3.35. The molecule has 0 saturated carbocycles. The van der Waals surface area contributed by atoms with E-state index in [1.165, 1.54) is 12.1 Å². The highest BCUT2D eigenvalue weighted by Gasteiger charge is 2.31. The van der Waals surface area contributed by atoms with Gasteiger partial charge in [0.2, 0.25) is 0 Å². The smallest absolute Gasteiger partial charge is 0.351 e. The van der Waals surface area contributed by atoms with E-state index in [1.807, 2.05) is 12.1 Å². The quantitative estimate of drug-likeness (QED) is 0.709. The van der Waals surface area contributed by atoms with Gasteiger partial charge >= 0.3 is 12.2 Å². The van der Waals surface area contributed by atoms with Gasteiger partial charge in [-0.05, 0) is 60.0 Å². The number of amides is 2. The number of alkyl halides is 3. The van der Waals surface area contributed by atoms with E-state index in [-0.39, 0.29) is 5.69 Å². The van der Waals surface area contributed by atoms with Crippen LogP contribution in [0.2, 0.25) is 0 Å². The number of hydrogen-bond acceptors (Lipinski definition) is 2. The van der Waals surface area contributed by atoms with Gasteiger partial charge in [-0.25, -0.2) is 4.79 Å². The number of primary amides is 1. The normalized spacial score (nSPS) is 11.2. The topological polar surface area (TPSA) is 59.2 Å². The van der Waals surface area contributed by atoms with Gasteiger partial charge in [-0.15, -0.1) is 0 Å². The van der Waals surface area contributed by atoms with Crippen LogP contribution in [0, 0.1) is 0 Å². The minimum absolute atomic E-state index is 0.0548. The summed E-state index contributed by atoms with van der Waals surface area (Å²) in [4.78, 5) is 16.9. The zero-order valence-corrected chi connectivity index (χ0v) is 14.1. The molecule has 0 fully saturated rings. The number of benzene rings is 2. The Kier molecular flexibility index (Phi) is 5.12. The average molecular weight is 371 g/mol. The molecule has 3 aromatic rings. The van der Waals surface area contributed by atoms with Crippen LogP contribution < -0.4 is 10.6 Å². The van der Waals surface area contributed by atoms with E-state index in [4.69, 9.17) is 5.73 Å². The van der Waals surface area contributed by atoms with Gasteiger partial charge < -0.3 is 5.73 Å². The van der Waals surface area contributed by atoms with Gasteiger partial charge in [-0.3, -0.25) is 9.88 Å². The van der Waals surface area contributed by atoms with E-state index in [1.54, 1.807) is 36.7 Å². The molecule has 4 nitrogen and oxygen atoms in total. The third-order valence-corrected chi connectivity index (χ3v) is 4.00. The summed E-state index contributed by atoms with van der Waals surface area (Å²) >= 11 is 0. The molecule has 1 aromatic heterocycles. The number of hydrogen-bond donors (Lipinski definition) is 1. The van der Waals surface area contributed by atoms with Crippen molar-refractivity contribution in [2.75, 3.05) is 4.90 Å². The molecule has 27 heavy (non-hydrogen) atoms. The summed E-state index contributed by atoms with van der Waals surface area (Å²) in [6.07, 6.45) is -0.436. The van der Waals surface area contributed by atoms with E-state index >= 15 is 0 Å². The number of carbonyl (C=O) groups is 1. The second-order valence-electron chi connectivity index (χ2n) is 5.92. The standard InChI is InChI=1S/C20H16F3N3O/c21-20(22,23)16-2-1-3-18(13-16)26(19(24)27)17-6-4-14(5-7-17)12-15-8-10-25-11-9-15/h1-11,13H,12H2,(H2,24,27). The van der Waals surface area contributed by atoms with Gasteiger partial charge in [-0.2, -0.15) is 13.2 Å². The molecule has 3 rings (SSSR count). The zero-order chi connectivity index (χ0) is 19.4. The predicted octanol–water partition coefficient (Wildman–Crippen LogP) is 4.91. The Morgan fingerprint density at radius 3 is 2.15 bits per heavy atom. The molecule has 2 aromatic carbocycles. The lowest BCUT2D eigenvalue weighted by molar-refractivity contribution is -0.137. The Morgan fingerprint density at radius 2 is 1.56 bits per heavy atom. The van der Waals surface area contributed by atoms with E-state index in [2.05, 4.69) is 4.98 Å². The minimum atomic E-state index is -4.51. The maximum Gasteiger partial charge on any atom is 0.416 e. The van der Waals surface area contributed by atoms with Crippen molar-refractivity contribution >= 4 is 17.4 Å². The van der Waals surface area contributed by atoms with Crippen LogP contribution in [0.3, 0.4) is 0 Å². The third kappa shape index (κ3) is 4.44. The maximum absolute atomic E-state index is 13.0. The molecule has 0 aliphatic carbocycles. The van der Waals surface area contributed by atoms with Gasteiger partial charge in [0.1, 0.15) is 0 Å². The predicted molar refractivity (Wildman–Crippen MR) is 96.7 cm³/mol. The maximum atomic E-state index is 13.0. The largest absolute Gasteiger partial charge is 0.416 e. The first-order valence-corrected chi connectivity index (χ1v) is 8.09. The Balaban J connectivity index is 1.89. The molecule has 7 heteroatoms. The van der Waals surface area contributed by atoms with Crippen LogP contribution in [0.5, 0.6) is 0 Å². The van der Waals surface area contributed by atoms with Crippen molar-refractivity contribution in [1.82, 2.24) is 4.98 Å². The molecule has 1 heterocycles. The highest BCUT2D eigenvalue weighted by atomic mass is 19.4. The molecule has 0 saturated heterocycles. The van der Waals surface area contributed by atoms with Gasteiger partial charge in [-0.1, -0.05) is 18.2 Å². The van der Waals surface area contributed by atoms with Crippen LogP contribution in [0.1, 0.15) is 16.7 Å². The Labute approximate surface area is 154 Å². The Bertz CT molecular complexity index is 925. The number of pyridine rings is 1. The molecule has 0 atom stereocenters. The summed E-state index contributed by atoms with van der Waals surface area (Å²) in [7, 11) is 0. The first kappa shape index (κ1) is 18.4. The summed E-state index contributed by atoms with van der Waals surface area (Å²) in [6.45, 7) is 0. The van der Waals surface area contributed by atoms with E-state index in [9.17, 15) is 18.0 Å². The molecule has 2 amide bonds. The van der Waals surface area contributed by atoms with Crippen molar-refractivity contribution in [1.29, 1.82) is 0 Å². The molecule has 2 N–H and O–H groups in total. The van der Waals surface area contributed by atoms with E-state index < -0.39 is 17.8 Å². The lowest BCUT2D eigenvalue weighted by atomic mass is 10.1. The molecule has 0 bridgehead atoms. The molecule has 138 valence electrons. The van der Waals surface area contributed by atoms with Crippen molar-refractivity contribution in [3.63, 3.8) is 0 Å². The molecule has 0 unspecified atom stereocenters. The van der Waals surface area contributed by atoms with E-state index in [0.29, 0.717) is 12.1 Å². The highest BCUT2D eigenvalue weighted by molar-refractivity contribution is 5.98. The molecule has 0 aliphatic heterocycles. The van der Waals surface area contributed by atoms with Crippen LogP contribution in [0.4, 0.5) is 29.3 Å². The SMILES string of the molecule is NC(=O)N(c1ccc(Cc2ccncc2)cc1)c1cccc(C(F)(F)F)c1. The lowest BCUT2D eigenvalue weighted by Gasteiger charge is -2.22. The number of halogens is 3. The first-order valence-electron chi connectivity index (χ1n) is 8.09. The van der Waals surface area contributed by atoms with Gasteiger partial charge in [0.15, 0.2) is 0 Å². The second-order valence-corrected chi connectivity index (χ2v) is 5.92. The number of aromatic nitrogens is 1. The number of anilines is 2. The third-order valence-electron chi connectivity index (χ3n) is 4.00. The van der Waals surface area contributed by atoms with Crippen LogP contribution in [0.15, 0.2) is 73.1 Å². The Morgan fingerprint density at radius 1 is 0.926 bits per heavy atom. The summed E-state index contributed by atoms with van der Waals surface area (Å²) in [6, 6.07) is 14.3. The van der Waals surface area contributed by atoms with E-state index in [0.717, 1.165) is 28.2 Å². The summed E-state index contributed by atoms with van der Waals surface area (Å²) < 4.78 is 38.9. The summed E-state index contributed by atoms with van der Waals surface area (Å²) in [5, 5.41) is 0. The number of nitrogens with two attached hydrogens (primary N) is 1. The zero-order valence-electron chi connectivity index (χ0n) is 14.1. The number of nitrogens with zero attached hydrogens (tertiary/aromatic N) is 2. The van der Waals surface area contributed by atoms with Crippen LogP contribution in [-0.2, 0) is 12.6 Å². The summed E-state index contributed by atoms with van der Waals surface area (Å²) in [5.41, 5.74) is 7.07. The minimum Gasteiger partial charge on any atom is -0.351 e. The fraction of sp³-hybridized carbons (Fsp3) is 0.100. The summed E-state index contributed by atoms with van der Waals surface area (Å²) in [5.74, 6) is 0. The van der Waals surface area contributed by atoms with Crippen LogP contribution in [0.25, 0.3) is 0 Å². The first-order chi connectivity index (χ1) is 12.8.